The van der Waals surface area contributed by atoms with E-state index in [9.17, 15) is 0 Å². The first kappa shape index (κ1) is 16.3. The second kappa shape index (κ2) is 7.28. The van der Waals surface area contributed by atoms with Crippen LogP contribution in [0.2, 0.25) is 5.02 Å². The molecule has 1 unspecified atom stereocenters. The van der Waals surface area contributed by atoms with Gasteiger partial charge in [-0.15, -0.1) is 0 Å². The molecule has 106 valence electrons. The molecule has 3 heteroatoms. The molecular weight excluding hydrogens is 446 g/mol. The van der Waals surface area contributed by atoms with Gasteiger partial charge in [0.2, 0.25) is 0 Å². The van der Waals surface area contributed by atoms with Crippen LogP contribution in [0.3, 0.4) is 0 Å². The zero-order valence-corrected chi connectivity index (χ0v) is 16.0. The lowest BCUT2D eigenvalue weighted by molar-refractivity contribution is 0.647. The highest BCUT2D eigenvalue weighted by atomic mass is 127. The van der Waals surface area contributed by atoms with E-state index >= 15 is 0 Å². The summed E-state index contributed by atoms with van der Waals surface area (Å²) >= 11 is 12.3. The van der Waals surface area contributed by atoms with Crippen LogP contribution in [-0.2, 0) is 6.42 Å². The Morgan fingerprint density at radius 3 is 2.35 bits per heavy atom. The first-order valence-electron chi connectivity index (χ1n) is 6.65. The lowest BCUT2D eigenvalue weighted by Gasteiger charge is -2.14. The van der Waals surface area contributed by atoms with Gasteiger partial charge in [0.05, 0.1) is 4.83 Å². The second-order valence-electron chi connectivity index (χ2n) is 5.37. The average Bonchev–Trinajstić information content (AvgIpc) is 2.41. The van der Waals surface area contributed by atoms with Crippen molar-refractivity contribution >= 4 is 50.1 Å². The highest BCUT2D eigenvalue weighted by molar-refractivity contribution is 14.1. The molecule has 2 aromatic carbocycles. The normalized spacial score (nSPS) is 12.7. The standard InChI is InChI=1S/C17H17BrClI/c1-11(2)9-12-3-5-13(6-4-12)17(18)15-10-14(19)7-8-16(15)20/h3-8,10-11,17H,9H2,1-2H3. The van der Waals surface area contributed by atoms with Crippen molar-refractivity contribution in [2.24, 2.45) is 5.92 Å². The van der Waals surface area contributed by atoms with Crippen LogP contribution < -0.4 is 0 Å². The fourth-order valence-electron chi connectivity index (χ4n) is 2.18. The van der Waals surface area contributed by atoms with Gasteiger partial charge in [-0.25, -0.2) is 0 Å². The van der Waals surface area contributed by atoms with Gasteiger partial charge in [0.1, 0.15) is 0 Å². The molecule has 0 saturated heterocycles. The summed E-state index contributed by atoms with van der Waals surface area (Å²) in [5.74, 6) is 0.689. The molecule has 0 N–H and O–H groups in total. The third kappa shape index (κ3) is 4.22. The van der Waals surface area contributed by atoms with Crippen LogP contribution in [0, 0.1) is 9.49 Å². The van der Waals surface area contributed by atoms with Gasteiger partial charge in [-0.05, 0) is 69.8 Å². The molecule has 0 aliphatic rings. The molecule has 0 bridgehead atoms. The molecule has 20 heavy (non-hydrogen) atoms. The predicted octanol–water partition coefficient (Wildman–Crippen LogP) is 6.63. The fourth-order valence-corrected chi connectivity index (χ4v) is 4.12. The van der Waals surface area contributed by atoms with Crippen molar-refractivity contribution in [3.05, 3.63) is 67.7 Å². The minimum atomic E-state index is 0.182. The summed E-state index contributed by atoms with van der Waals surface area (Å²) in [7, 11) is 0. The summed E-state index contributed by atoms with van der Waals surface area (Å²) in [5, 5.41) is 0.779. The Bertz CT molecular complexity index is 578. The maximum atomic E-state index is 6.11. The molecule has 0 aliphatic carbocycles. The van der Waals surface area contributed by atoms with E-state index in [0.717, 1.165) is 11.4 Å². The van der Waals surface area contributed by atoms with Gasteiger partial charge in [0.15, 0.2) is 0 Å². The largest absolute Gasteiger partial charge is 0.0843 e. The van der Waals surface area contributed by atoms with Crippen molar-refractivity contribution in [3.63, 3.8) is 0 Å². The molecular formula is C17H17BrClI. The van der Waals surface area contributed by atoms with Crippen LogP contribution in [0.25, 0.3) is 0 Å². The van der Waals surface area contributed by atoms with E-state index in [1.807, 2.05) is 12.1 Å². The van der Waals surface area contributed by atoms with Crippen LogP contribution in [-0.4, -0.2) is 0 Å². The van der Waals surface area contributed by atoms with E-state index in [1.165, 1.54) is 20.3 Å². The van der Waals surface area contributed by atoms with E-state index < -0.39 is 0 Å². The Hall–Kier alpha value is -0.0600. The Morgan fingerprint density at radius 2 is 1.75 bits per heavy atom. The minimum Gasteiger partial charge on any atom is -0.0843 e. The van der Waals surface area contributed by atoms with Crippen molar-refractivity contribution in [1.82, 2.24) is 0 Å². The topological polar surface area (TPSA) is 0 Å². The SMILES string of the molecule is CC(C)Cc1ccc(C(Br)c2cc(Cl)ccc2I)cc1. The molecule has 0 heterocycles. The second-order valence-corrected chi connectivity index (χ2v) is 7.88. The number of halogens is 3. The summed E-state index contributed by atoms with van der Waals surface area (Å²) in [6, 6.07) is 14.9. The van der Waals surface area contributed by atoms with E-state index in [4.69, 9.17) is 11.6 Å². The third-order valence-corrected chi connectivity index (χ3v) is 5.39. The number of benzene rings is 2. The van der Waals surface area contributed by atoms with Crippen molar-refractivity contribution < 1.29 is 0 Å². The first-order chi connectivity index (χ1) is 9.47. The van der Waals surface area contributed by atoms with Gasteiger partial charge in [-0.3, -0.25) is 0 Å². The van der Waals surface area contributed by atoms with Crippen LogP contribution >= 0.6 is 50.1 Å². The number of alkyl halides is 1. The highest BCUT2D eigenvalue weighted by Crippen LogP contribution is 2.35. The number of hydrogen-bond donors (Lipinski definition) is 0. The van der Waals surface area contributed by atoms with Gasteiger partial charge in [-0.2, -0.15) is 0 Å². The van der Waals surface area contributed by atoms with Crippen molar-refractivity contribution in [2.45, 2.75) is 25.1 Å². The molecule has 0 amide bonds. The predicted molar refractivity (Wildman–Crippen MR) is 99.9 cm³/mol. The van der Waals surface area contributed by atoms with E-state index in [-0.39, 0.29) is 4.83 Å². The van der Waals surface area contributed by atoms with Gasteiger partial charge < -0.3 is 0 Å². The lowest BCUT2D eigenvalue weighted by atomic mass is 9.99. The summed E-state index contributed by atoms with van der Waals surface area (Å²) in [4.78, 5) is 0.182. The molecule has 0 radical (unpaired) electrons. The summed E-state index contributed by atoms with van der Waals surface area (Å²) in [6.45, 7) is 4.49. The Morgan fingerprint density at radius 1 is 1.10 bits per heavy atom. The van der Waals surface area contributed by atoms with Gasteiger partial charge in [-0.1, -0.05) is 65.6 Å². The molecule has 0 nitrogen and oxygen atoms in total. The average molecular weight is 464 g/mol. The molecule has 2 rings (SSSR count). The first-order valence-corrected chi connectivity index (χ1v) is 9.02. The summed E-state index contributed by atoms with van der Waals surface area (Å²) < 4.78 is 1.22. The van der Waals surface area contributed by atoms with Gasteiger partial charge in [0, 0.05) is 8.59 Å². The van der Waals surface area contributed by atoms with E-state index in [2.05, 4.69) is 82.7 Å². The zero-order valence-electron chi connectivity index (χ0n) is 11.5. The Kier molecular flexibility index (Phi) is 5.94. The molecule has 2 aromatic rings. The molecule has 0 aliphatic heterocycles. The Labute approximate surface area is 148 Å². The summed E-state index contributed by atoms with van der Waals surface area (Å²) in [6.07, 6.45) is 1.13. The van der Waals surface area contributed by atoms with E-state index in [0.29, 0.717) is 5.92 Å². The molecule has 0 aromatic heterocycles. The van der Waals surface area contributed by atoms with Crippen molar-refractivity contribution in [2.75, 3.05) is 0 Å². The smallest absolute Gasteiger partial charge is 0.0655 e. The minimum absolute atomic E-state index is 0.182. The van der Waals surface area contributed by atoms with Crippen molar-refractivity contribution in [1.29, 1.82) is 0 Å². The van der Waals surface area contributed by atoms with E-state index in [1.54, 1.807) is 0 Å². The van der Waals surface area contributed by atoms with Crippen LogP contribution in [0.15, 0.2) is 42.5 Å². The maximum Gasteiger partial charge on any atom is 0.0655 e. The van der Waals surface area contributed by atoms with Crippen LogP contribution in [0.1, 0.15) is 35.4 Å². The quantitative estimate of drug-likeness (QED) is 0.353. The zero-order chi connectivity index (χ0) is 14.7. The highest BCUT2D eigenvalue weighted by Gasteiger charge is 2.14. The van der Waals surface area contributed by atoms with Gasteiger partial charge in [0.25, 0.3) is 0 Å². The third-order valence-electron chi connectivity index (χ3n) is 3.15. The molecule has 0 saturated carbocycles. The summed E-state index contributed by atoms with van der Waals surface area (Å²) in [5.41, 5.74) is 3.87. The van der Waals surface area contributed by atoms with Crippen LogP contribution in [0.5, 0.6) is 0 Å². The van der Waals surface area contributed by atoms with Gasteiger partial charge >= 0.3 is 0 Å². The molecule has 0 spiro atoms. The van der Waals surface area contributed by atoms with Crippen molar-refractivity contribution in [3.8, 4) is 0 Å². The number of hydrogen-bond acceptors (Lipinski definition) is 0. The molecule has 0 fully saturated rings. The van der Waals surface area contributed by atoms with Crippen LogP contribution in [0.4, 0.5) is 0 Å². The number of rotatable bonds is 4. The fraction of sp³-hybridized carbons (Fsp3) is 0.294. The Balaban J connectivity index is 2.24. The maximum absolute atomic E-state index is 6.11. The monoisotopic (exact) mass is 462 g/mol. The lowest BCUT2D eigenvalue weighted by Crippen LogP contribution is -1.98. The molecule has 1 atom stereocenters.